The van der Waals surface area contributed by atoms with Crippen molar-refractivity contribution in [3.05, 3.63) is 0 Å². The van der Waals surface area contributed by atoms with Gasteiger partial charge in [0, 0.05) is 27.4 Å². The van der Waals surface area contributed by atoms with E-state index < -0.39 is 0 Å². The molecular formula is C16H34O2. The Kier molecular flexibility index (Phi) is 13.3. The van der Waals surface area contributed by atoms with Crippen molar-refractivity contribution < 1.29 is 9.47 Å². The monoisotopic (exact) mass is 258 g/mol. The van der Waals surface area contributed by atoms with Gasteiger partial charge in [-0.05, 0) is 24.7 Å². The van der Waals surface area contributed by atoms with Gasteiger partial charge >= 0.3 is 0 Å². The fourth-order valence-corrected chi connectivity index (χ4v) is 2.64. The lowest BCUT2D eigenvalue weighted by molar-refractivity contribution is 0.0595. The molecule has 0 radical (unpaired) electrons. The van der Waals surface area contributed by atoms with Crippen LogP contribution < -0.4 is 0 Å². The van der Waals surface area contributed by atoms with E-state index in [2.05, 4.69) is 13.8 Å². The van der Waals surface area contributed by atoms with E-state index in [4.69, 9.17) is 9.47 Å². The molecule has 2 nitrogen and oxygen atoms in total. The van der Waals surface area contributed by atoms with Crippen molar-refractivity contribution in [3.63, 3.8) is 0 Å². The van der Waals surface area contributed by atoms with E-state index >= 15 is 0 Å². The van der Waals surface area contributed by atoms with Gasteiger partial charge in [0.15, 0.2) is 0 Å². The lowest BCUT2D eigenvalue weighted by atomic mass is 9.85. The minimum absolute atomic E-state index is 0.677. The van der Waals surface area contributed by atoms with Crippen molar-refractivity contribution in [1.29, 1.82) is 0 Å². The Labute approximate surface area is 114 Å². The molecule has 0 aliphatic carbocycles. The summed E-state index contributed by atoms with van der Waals surface area (Å²) in [5.41, 5.74) is 0. The lowest BCUT2D eigenvalue weighted by Gasteiger charge is -2.26. The molecule has 0 aliphatic rings. The zero-order valence-corrected chi connectivity index (χ0v) is 13.0. The van der Waals surface area contributed by atoms with Crippen LogP contribution in [0.25, 0.3) is 0 Å². The summed E-state index contributed by atoms with van der Waals surface area (Å²) < 4.78 is 10.8. The van der Waals surface area contributed by atoms with Crippen LogP contribution >= 0.6 is 0 Å². The van der Waals surface area contributed by atoms with Gasteiger partial charge in [-0.1, -0.05) is 52.4 Å². The number of hydrogen-bond acceptors (Lipinski definition) is 2. The molecule has 2 unspecified atom stereocenters. The predicted molar refractivity (Wildman–Crippen MR) is 79.0 cm³/mol. The lowest BCUT2D eigenvalue weighted by Crippen LogP contribution is -2.24. The first kappa shape index (κ1) is 17.9. The first-order valence-electron chi connectivity index (χ1n) is 7.77. The van der Waals surface area contributed by atoms with Crippen LogP contribution in [0.15, 0.2) is 0 Å². The highest BCUT2D eigenvalue weighted by Gasteiger charge is 2.20. The van der Waals surface area contributed by atoms with E-state index in [0.29, 0.717) is 11.8 Å². The highest BCUT2D eigenvalue weighted by Crippen LogP contribution is 2.25. The van der Waals surface area contributed by atoms with Gasteiger partial charge in [0.05, 0.1) is 0 Å². The minimum Gasteiger partial charge on any atom is -0.384 e. The number of hydrogen-bond donors (Lipinski definition) is 0. The molecule has 0 saturated carbocycles. The molecule has 2 heteroatoms. The SMILES string of the molecule is CCCCCCC(COC)C(CCCC)COC. The second-order valence-corrected chi connectivity index (χ2v) is 5.42. The second-order valence-electron chi connectivity index (χ2n) is 5.42. The summed E-state index contributed by atoms with van der Waals surface area (Å²) in [5.74, 6) is 1.36. The average molecular weight is 258 g/mol. The third-order valence-corrected chi connectivity index (χ3v) is 3.79. The van der Waals surface area contributed by atoms with Crippen LogP contribution in [0.3, 0.4) is 0 Å². The molecule has 0 amide bonds. The highest BCUT2D eigenvalue weighted by atomic mass is 16.5. The van der Waals surface area contributed by atoms with Crippen LogP contribution in [0.4, 0.5) is 0 Å². The smallest absolute Gasteiger partial charge is 0.0493 e. The summed E-state index contributed by atoms with van der Waals surface area (Å²) in [6.07, 6.45) is 10.5. The standard InChI is InChI=1S/C16H34O2/c1-5-7-9-10-12-16(14-18-4)15(13-17-3)11-8-6-2/h15-16H,5-14H2,1-4H3. The predicted octanol–water partition coefficient (Wildman–Crippen LogP) is 4.67. The zero-order valence-electron chi connectivity index (χ0n) is 13.0. The van der Waals surface area contributed by atoms with Crippen molar-refractivity contribution in [2.24, 2.45) is 11.8 Å². The average Bonchev–Trinajstić information content (AvgIpc) is 2.38. The molecule has 0 rings (SSSR count). The molecule has 0 saturated heterocycles. The van der Waals surface area contributed by atoms with E-state index in [-0.39, 0.29) is 0 Å². The quantitative estimate of drug-likeness (QED) is 0.447. The van der Waals surface area contributed by atoms with Crippen LogP contribution in [0, 0.1) is 11.8 Å². The van der Waals surface area contributed by atoms with Gasteiger partial charge in [-0.3, -0.25) is 0 Å². The van der Waals surface area contributed by atoms with E-state index in [1.165, 1.54) is 51.4 Å². The van der Waals surface area contributed by atoms with Crippen molar-refractivity contribution in [1.82, 2.24) is 0 Å². The van der Waals surface area contributed by atoms with Crippen LogP contribution in [0.1, 0.15) is 65.2 Å². The Morgan fingerprint density at radius 2 is 1.17 bits per heavy atom. The van der Waals surface area contributed by atoms with Gasteiger partial charge in [-0.25, -0.2) is 0 Å². The molecule has 0 N–H and O–H groups in total. The molecule has 0 aromatic carbocycles. The van der Waals surface area contributed by atoms with Crippen molar-refractivity contribution in [2.75, 3.05) is 27.4 Å². The third-order valence-electron chi connectivity index (χ3n) is 3.79. The molecule has 0 fully saturated rings. The highest BCUT2D eigenvalue weighted by molar-refractivity contribution is 4.70. The van der Waals surface area contributed by atoms with E-state index in [1.807, 2.05) is 14.2 Å². The van der Waals surface area contributed by atoms with Gasteiger partial charge in [0.1, 0.15) is 0 Å². The first-order valence-corrected chi connectivity index (χ1v) is 7.77. The Morgan fingerprint density at radius 3 is 1.61 bits per heavy atom. The maximum Gasteiger partial charge on any atom is 0.0493 e. The molecule has 110 valence electrons. The Bertz CT molecular complexity index is 159. The van der Waals surface area contributed by atoms with Crippen LogP contribution in [-0.2, 0) is 9.47 Å². The van der Waals surface area contributed by atoms with Crippen LogP contribution in [0.2, 0.25) is 0 Å². The summed E-state index contributed by atoms with van der Waals surface area (Å²) >= 11 is 0. The van der Waals surface area contributed by atoms with Gasteiger partial charge in [0.2, 0.25) is 0 Å². The molecule has 0 spiro atoms. The molecule has 0 bridgehead atoms. The minimum atomic E-state index is 0.677. The maximum atomic E-state index is 5.41. The Balaban J connectivity index is 4.11. The van der Waals surface area contributed by atoms with Crippen molar-refractivity contribution >= 4 is 0 Å². The van der Waals surface area contributed by atoms with Gasteiger partial charge in [-0.2, -0.15) is 0 Å². The maximum absolute atomic E-state index is 5.41. The largest absolute Gasteiger partial charge is 0.384 e. The molecule has 0 aliphatic heterocycles. The second kappa shape index (κ2) is 13.4. The summed E-state index contributed by atoms with van der Waals surface area (Å²) in [6, 6.07) is 0. The van der Waals surface area contributed by atoms with E-state index in [9.17, 15) is 0 Å². The van der Waals surface area contributed by atoms with Gasteiger partial charge < -0.3 is 9.47 Å². The summed E-state index contributed by atoms with van der Waals surface area (Å²) in [7, 11) is 3.64. The summed E-state index contributed by atoms with van der Waals surface area (Å²) in [4.78, 5) is 0. The molecular weight excluding hydrogens is 224 g/mol. The fourth-order valence-electron chi connectivity index (χ4n) is 2.64. The van der Waals surface area contributed by atoms with Crippen LogP contribution in [-0.4, -0.2) is 27.4 Å². The molecule has 0 aromatic heterocycles. The van der Waals surface area contributed by atoms with Gasteiger partial charge in [0.25, 0.3) is 0 Å². The molecule has 2 atom stereocenters. The number of unbranched alkanes of at least 4 members (excludes halogenated alkanes) is 4. The molecule has 0 heterocycles. The normalized spacial score (nSPS) is 14.7. The zero-order chi connectivity index (χ0) is 13.6. The van der Waals surface area contributed by atoms with Gasteiger partial charge in [-0.15, -0.1) is 0 Å². The molecule has 0 aromatic rings. The van der Waals surface area contributed by atoms with Crippen molar-refractivity contribution in [2.45, 2.75) is 65.2 Å². The topological polar surface area (TPSA) is 18.5 Å². The number of ether oxygens (including phenoxy) is 2. The Morgan fingerprint density at radius 1 is 0.667 bits per heavy atom. The summed E-state index contributed by atoms with van der Waals surface area (Å²) in [5, 5.41) is 0. The molecule has 18 heavy (non-hydrogen) atoms. The third kappa shape index (κ3) is 8.93. The van der Waals surface area contributed by atoms with Crippen LogP contribution in [0.5, 0.6) is 0 Å². The number of rotatable bonds is 13. The van der Waals surface area contributed by atoms with E-state index in [1.54, 1.807) is 0 Å². The van der Waals surface area contributed by atoms with Crippen molar-refractivity contribution in [3.8, 4) is 0 Å². The first-order chi connectivity index (χ1) is 8.79. The summed E-state index contributed by atoms with van der Waals surface area (Å²) in [6.45, 7) is 6.31. The Hall–Kier alpha value is -0.0800. The van der Waals surface area contributed by atoms with E-state index in [0.717, 1.165) is 13.2 Å². The number of methoxy groups -OCH3 is 2. The fraction of sp³-hybridized carbons (Fsp3) is 1.00.